The van der Waals surface area contributed by atoms with E-state index in [1.807, 2.05) is 72.8 Å². The maximum absolute atomic E-state index is 13.4. The first kappa shape index (κ1) is 52.2. The van der Waals surface area contributed by atoms with Crippen molar-refractivity contribution >= 4 is 68.2 Å². The number of aryl methyl sites for hydroxylation is 4. The summed E-state index contributed by atoms with van der Waals surface area (Å²) in [6.07, 6.45) is 2.41. The number of aromatic nitrogens is 4. The highest BCUT2D eigenvalue weighted by atomic mass is 16.5. The average Bonchev–Trinajstić information content (AvgIpc) is 4.28. The van der Waals surface area contributed by atoms with Crippen molar-refractivity contribution in [1.82, 2.24) is 19.9 Å². The van der Waals surface area contributed by atoms with Crippen molar-refractivity contribution in [2.45, 2.75) is 81.1 Å². The first-order chi connectivity index (χ1) is 36.7. The van der Waals surface area contributed by atoms with E-state index in [4.69, 9.17) is 28.9 Å². The molecule has 0 fully saturated rings. The standard InChI is InChI=1S/C64H62N4O8/c1-13-45-33(5)53-49(37-21-17-25-41(29-37)61(69)73-9)54-35(7)47(15-3)59(67-54)52(40-24-20-28-44(32-40)64(72)76-12)60-48(16-4)36(8)56(68-60)50(38-22-18-26-42(30-38)62(70)74-10)55-34(6)46(14-2)58(66-55)51(57(45)65-53)39-23-19-27-43(31-39)63(71)75-11/h17-32,65,68H,13-16H2,1-12H3. The summed E-state index contributed by atoms with van der Waals surface area (Å²) in [7, 11) is 5.50. The lowest BCUT2D eigenvalue weighted by molar-refractivity contribution is 0.0592. The molecule has 0 radical (unpaired) electrons. The lowest BCUT2D eigenvalue weighted by atomic mass is 9.91. The molecule has 0 unspecified atom stereocenters. The smallest absolute Gasteiger partial charge is 0.337 e. The maximum atomic E-state index is 13.4. The van der Waals surface area contributed by atoms with Crippen LogP contribution in [0.5, 0.6) is 0 Å². The monoisotopic (exact) mass is 1010 g/mol. The zero-order valence-corrected chi connectivity index (χ0v) is 45.2. The number of carbonyl (C=O) groups is 4. The van der Waals surface area contributed by atoms with Crippen molar-refractivity contribution in [3.05, 3.63) is 164 Å². The summed E-state index contributed by atoms with van der Waals surface area (Å²) in [5.74, 6) is -1.90. The van der Waals surface area contributed by atoms with Gasteiger partial charge in [0, 0.05) is 22.3 Å². The van der Waals surface area contributed by atoms with Crippen molar-refractivity contribution in [2.75, 3.05) is 28.4 Å². The Kier molecular flexibility index (Phi) is 14.6. The molecule has 12 nitrogen and oxygen atoms in total. The highest BCUT2D eigenvalue weighted by Crippen LogP contribution is 2.49. The fourth-order valence-corrected chi connectivity index (χ4v) is 11.3. The molecule has 2 aliphatic rings. The van der Waals surface area contributed by atoms with Crippen molar-refractivity contribution in [3.63, 3.8) is 0 Å². The van der Waals surface area contributed by atoms with Crippen LogP contribution in [-0.4, -0.2) is 72.3 Å². The van der Waals surface area contributed by atoms with Crippen LogP contribution in [0.2, 0.25) is 0 Å². The number of rotatable bonds is 12. The molecule has 386 valence electrons. The number of aromatic amines is 2. The molecule has 9 rings (SSSR count). The van der Waals surface area contributed by atoms with Crippen LogP contribution in [0.4, 0.5) is 0 Å². The van der Waals surface area contributed by atoms with E-state index < -0.39 is 23.9 Å². The number of nitrogens with one attached hydrogen (secondary N) is 2. The minimum Gasteiger partial charge on any atom is -0.465 e. The van der Waals surface area contributed by atoms with Gasteiger partial charge in [-0.25, -0.2) is 29.1 Å². The van der Waals surface area contributed by atoms with Gasteiger partial charge in [-0.2, -0.15) is 0 Å². The second-order valence-corrected chi connectivity index (χ2v) is 19.0. The van der Waals surface area contributed by atoms with Crippen molar-refractivity contribution in [1.29, 1.82) is 0 Å². The number of H-pyrrole nitrogens is 2. The predicted octanol–water partition coefficient (Wildman–Crippen LogP) is 14.6. The summed E-state index contributed by atoms with van der Waals surface area (Å²) in [5.41, 5.74) is 21.4. The quantitative estimate of drug-likeness (QED) is 0.0890. The van der Waals surface area contributed by atoms with E-state index in [1.54, 1.807) is 24.3 Å². The van der Waals surface area contributed by atoms with Gasteiger partial charge in [0.05, 0.1) is 95.5 Å². The highest BCUT2D eigenvalue weighted by Gasteiger charge is 2.31. The molecule has 2 aliphatic heterocycles. The Morgan fingerprint density at radius 3 is 0.921 bits per heavy atom. The molecule has 0 amide bonds. The molecular weight excluding hydrogens is 953 g/mol. The number of fused-ring (bicyclic) bond motifs is 8. The number of ether oxygens (including phenoxy) is 4. The molecule has 0 saturated heterocycles. The number of esters is 4. The summed E-state index contributed by atoms with van der Waals surface area (Å²) in [6.45, 7) is 16.9. The van der Waals surface area contributed by atoms with Gasteiger partial charge in [-0.1, -0.05) is 76.2 Å². The molecule has 76 heavy (non-hydrogen) atoms. The van der Waals surface area contributed by atoms with Crippen LogP contribution in [0.15, 0.2) is 97.1 Å². The zero-order chi connectivity index (χ0) is 54.3. The predicted molar refractivity (Wildman–Crippen MR) is 302 cm³/mol. The van der Waals surface area contributed by atoms with Crippen molar-refractivity contribution in [3.8, 4) is 44.5 Å². The molecule has 12 heteroatoms. The van der Waals surface area contributed by atoms with Crippen LogP contribution in [0.3, 0.4) is 0 Å². The van der Waals surface area contributed by atoms with Crippen LogP contribution in [-0.2, 0) is 31.8 Å². The normalized spacial score (nSPS) is 12.3. The molecule has 0 atom stereocenters. The number of hydrogen-bond acceptors (Lipinski definition) is 10. The molecule has 0 spiro atoms. The number of methoxy groups -OCH3 is 4. The maximum Gasteiger partial charge on any atom is 0.337 e. The third kappa shape index (κ3) is 8.80. The minimum atomic E-state index is -0.475. The van der Waals surface area contributed by atoms with E-state index in [2.05, 4.69) is 65.4 Å². The van der Waals surface area contributed by atoms with E-state index in [0.717, 1.165) is 111 Å². The lowest BCUT2D eigenvalue weighted by Gasteiger charge is -2.11. The van der Waals surface area contributed by atoms with Gasteiger partial charge in [0.25, 0.3) is 0 Å². The Hall–Kier alpha value is -8.64. The fraction of sp³-hybridized carbons (Fsp3) is 0.250. The minimum absolute atomic E-state index is 0.376. The van der Waals surface area contributed by atoms with Crippen LogP contribution < -0.4 is 0 Å². The Morgan fingerprint density at radius 2 is 0.671 bits per heavy atom. The van der Waals surface area contributed by atoms with E-state index >= 15 is 0 Å². The molecule has 7 aromatic rings. The van der Waals surface area contributed by atoms with E-state index in [9.17, 15) is 19.2 Å². The van der Waals surface area contributed by atoms with Gasteiger partial charge < -0.3 is 28.9 Å². The number of benzene rings is 4. The lowest BCUT2D eigenvalue weighted by Crippen LogP contribution is -2.01. The number of carbonyl (C=O) groups excluding carboxylic acids is 4. The first-order valence-corrected chi connectivity index (χ1v) is 25.7. The van der Waals surface area contributed by atoms with Gasteiger partial charge >= 0.3 is 23.9 Å². The van der Waals surface area contributed by atoms with Gasteiger partial charge in [0.15, 0.2) is 0 Å². The van der Waals surface area contributed by atoms with E-state index in [1.165, 1.54) is 28.4 Å². The third-order valence-electron chi connectivity index (χ3n) is 15.0. The Labute approximate surface area is 442 Å². The Bertz CT molecular complexity index is 3580. The van der Waals surface area contributed by atoms with Crippen molar-refractivity contribution in [2.24, 2.45) is 0 Å². The molecular formula is C64H62N4O8. The summed E-state index contributed by atoms with van der Waals surface area (Å²) < 4.78 is 21.1. The third-order valence-corrected chi connectivity index (χ3v) is 15.0. The van der Waals surface area contributed by atoms with Gasteiger partial charge in [0.2, 0.25) is 0 Å². The zero-order valence-electron chi connectivity index (χ0n) is 45.2. The van der Waals surface area contributed by atoms with Gasteiger partial charge in [-0.15, -0.1) is 0 Å². The molecule has 2 N–H and O–H groups in total. The molecule has 5 heterocycles. The number of allylic oxidation sites excluding steroid dienone is 4. The summed E-state index contributed by atoms with van der Waals surface area (Å²) in [4.78, 5) is 73.1. The molecule has 3 aromatic heterocycles. The van der Waals surface area contributed by atoms with E-state index in [-0.39, 0.29) is 0 Å². The highest BCUT2D eigenvalue weighted by molar-refractivity contribution is 6.10. The topological polar surface area (TPSA) is 163 Å². The van der Waals surface area contributed by atoms with E-state index in [0.29, 0.717) is 70.7 Å². The number of nitrogens with zero attached hydrogens (tertiary/aromatic N) is 2. The van der Waals surface area contributed by atoms with Gasteiger partial charge in [-0.3, -0.25) is 0 Å². The van der Waals surface area contributed by atoms with Crippen LogP contribution in [0.1, 0.15) is 141 Å². The second-order valence-electron chi connectivity index (χ2n) is 19.0. The fourth-order valence-electron chi connectivity index (χ4n) is 11.3. The molecule has 0 saturated carbocycles. The molecule has 8 bridgehead atoms. The largest absolute Gasteiger partial charge is 0.465 e. The second kappa shape index (κ2) is 21.3. The SMILES string of the molecule is CCC1=C(C)c2nc1c(-c1cccc(C(=O)OC)c1)c1[nH]c(c(C)c1CC)c(-c1cccc(C(=O)OC)c1)c1nc(c(-c3cccc(C(=O)OC)c3)c3[nH]c(c(C)c3CC)c2-c2cccc(C(=O)OC)c2)C(CC)=C1C. The molecule has 4 aromatic carbocycles. The van der Waals surface area contributed by atoms with Gasteiger partial charge in [-0.05, 0) is 169 Å². The average molecular weight is 1020 g/mol. The number of hydrogen-bond donors (Lipinski definition) is 2. The summed E-state index contributed by atoms with van der Waals surface area (Å²) in [6, 6.07) is 29.8. The van der Waals surface area contributed by atoms with Crippen LogP contribution in [0, 0.1) is 13.8 Å². The molecule has 0 aliphatic carbocycles. The van der Waals surface area contributed by atoms with Crippen molar-refractivity contribution < 1.29 is 38.1 Å². The Balaban J connectivity index is 1.66. The Morgan fingerprint density at radius 1 is 0.395 bits per heavy atom. The first-order valence-electron chi connectivity index (χ1n) is 25.7. The van der Waals surface area contributed by atoms with Crippen LogP contribution >= 0.6 is 0 Å². The van der Waals surface area contributed by atoms with Crippen LogP contribution in [0.25, 0.3) is 88.9 Å². The summed E-state index contributed by atoms with van der Waals surface area (Å²) in [5, 5.41) is 0. The van der Waals surface area contributed by atoms with Gasteiger partial charge in [0.1, 0.15) is 0 Å². The summed E-state index contributed by atoms with van der Waals surface area (Å²) >= 11 is 0.